The van der Waals surface area contributed by atoms with Crippen molar-refractivity contribution in [3.05, 3.63) is 35.9 Å². The van der Waals surface area contributed by atoms with Gasteiger partial charge in [-0.15, -0.1) is 0 Å². The second-order valence-corrected chi connectivity index (χ2v) is 7.22. The normalized spacial score (nSPS) is 24.1. The van der Waals surface area contributed by atoms with Crippen LogP contribution in [0.15, 0.2) is 30.3 Å². The number of piperidine rings is 1. The molecule has 0 radical (unpaired) electrons. The van der Waals surface area contributed by atoms with Crippen LogP contribution in [0.1, 0.15) is 31.2 Å². The average Bonchev–Trinajstić information content (AvgIpc) is 3.08. The number of nitrogens with two attached hydrogens (primary N) is 1. The minimum absolute atomic E-state index is 0.00660. The fraction of sp³-hybridized carbons (Fsp3) is 0.600. The van der Waals surface area contributed by atoms with Gasteiger partial charge in [-0.25, -0.2) is 0 Å². The maximum atomic E-state index is 12.9. The molecule has 0 aromatic heterocycles. The summed E-state index contributed by atoms with van der Waals surface area (Å²) < 4.78 is 5.19. The quantitative estimate of drug-likeness (QED) is 0.858. The Morgan fingerprint density at radius 1 is 1.12 bits per heavy atom. The van der Waals surface area contributed by atoms with Gasteiger partial charge in [0.25, 0.3) is 0 Å². The summed E-state index contributed by atoms with van der Waals surface area (Å²) in [7, 11) is 0. The third-order valence-corrected chi connectivity index (χ3v) is 5.53. The molecule has 0 spiro atoms. The van der Waals surface area contributed by atoms with Crippen LogP contribution in [0.25, 0.3) is 0 Å². The van der Waals surface area contributed by atoms with Crippen molar-refractivity contribution in [1.82, 2.24) is 9.80 Å². The molecule has 1 aromatic carbocycles. The molecular weight excluding hydrogens is 330 g/mol. The minimum atomic E-state index is -0.0193. The lowest BCUT2D eigenvalue weighted by molar-refractivity contribution is -0.142. The number of carbonyl (C=O) groups is 2. The first-order valence-corrected chi connectivity index (χ1v) is 9.55. The molecule has 142 valence electrons. The van der Waals surface area contributed by atoms with E-state index < -0.39 is 0 Å². The fourth-order valence-electron chi connectivity index (χ4n) is 3.98. The van der Waals surface area contributed by atoms with E-state index in [1.807, 2.05) is 34.9 Å². The third-order valence-electron chi connectivity index (χ3n) is 5.53. The lowest BCUT2D eigenvalue weighted by Gasteiger charge is -2.33. The first-order chi connectivity index (χ1) is 12.6. The van der Waals surface area contributed by atoms with Gasteiger partial charge in [0.05, 0.1) is 0 Å². The Kier molecular flexibility index (Phi) is 6.27. The van der Waals surface area contributed by atoms with E-state index in [4.69, 9.17) is 10.5 Å². The molecule has 6 nitrogen and oxygen atoms in total. The summed E-state index contributed by atoms with van der Waals surface area (Å²) in [5.74, 6) is 0.404. The molecule has 2 aliphatic rings. The molecule has 2 heterocycles. The van der Waals surface area contributed by atoms with Gasteiger partial charge in [0.2, 0.25) is 11.8 Å². The Morgan fingerprint density at radius 2 is 1.81 bits per heavy atom. The zero-order chi connectivity index (χ0) is 18.5. The second kappa shape index (κ2) is 8.64. The summed E-state index contributed by atoms with van der Waals surface area (Å²) >= 11 is 0. The van der Waals surface area contributed by atoms with Crippen LogP contribution in [0.2, 0.25) is 0 Å². The van der Waals surface area contributed by atoms with Crippen molar-refractivity contribution in [2.24, 2.45) is 11.7 Å². The molecular formula is C20H29N3O3. The molecule has 2 saturated heterocycles. The highest BCUT2D eigenvalue weighted by atomic mass is 16.5. The number of hydrogen-bond acceptors (Lipinski definition) is 4. The third kappa shape index (κ3) is 4.24. The summed E-state index contributed by atoms with van der Waals surface area (Å²) in [6.45, 7) is 5.11. The Morgan fingerprint density at radius 3 is 2.46 bits per heavy atom. The van der Waals surface area contributed by atoms with Gasteiger partial charge in [0.15, 0.2) is 0 Å². The molecule has 2 atom stereocenters. The molecule has 0 aliphatic carbocycles. The van der Waals surface area contributed by atoms with Crippen LogP contribution in [-0.4, -0.2) is 67.0 Å². The van der Waals surface area contributed by atoms with Crippen LogP contribution in [0.5, 0.6) is 0 Å². The molecule has 2 N–H and O–H groups in total. The largest absolute Gasteiger partial charge is 0.372 e. The van der Waals surface area contributed by atoms with Gasteiger partial charge >= 0.3 is 0 Å². The van der Waals surface area contributed by atoms with Crippen LogP contribution in [0.3, 0.4) is 0 Å². The van der Waals surface area contributed by atoms with Crippen molar-refractivity contribution in [3.8, 4) is 0 Å². The van der Waals surface area contributed by atoms with Gasteiger partial charge in [0.1, 0.15) is 6.61 Å². The molecule has 0 bridgehead atoms. The van der Waals surface area contributed by atoms with E-state index in [-0.39, 0.29) is 36.3 Å². The summed E-state index contributed by atoms with van der Waals surface area (Å²) in [5.41, 5.74) is 7.52. The monoisotopic (exact) mass is 359 g/mol. The highest BCUT2D eigenvalue weighted by molar-refractivity contribution is 5.81. The van der Waals surface area contributed by atoms with Crippen LogP contribution in [-0.2, 0) is 14.3 Å². The van der Waals surface area contributed by atoms with E-state index in [2.05, 4.69) is 12.1 Å². The Balaban J connectivity index is 1.52. The van der Waals surface area contributed by atoms with E-state index in [0.717, 1.165) is 12.8 Å². The number of amides is 2. The topological polar surface area (TPSA) is 75.9 Å². The highest BCUT2D eigenvalue weighted by Gasteiger charge is 2.37. The number of nitrogens with zero attached hydrogens (tertiary/aromatic N) is 2. The second-order valence-electron chi connectivity index (χ2n) is 7.22. The van der Waals surface area contributed by atoms with Gasteiger partial charge in [-0.05, 0) is 25.3 Å². The van der Waals surface area contributed by atoms with Gasteiger partial charge in [-0.1, -0.05) is 30.3 Å². The zero-order valence-corrected chi connectivity index (χ0v) is 15.5. The molecule has 2 fully saturated rings. The van der Waals surface area contributed by atoms with Crippen LogP contribution in [0.4, 0.5) is 0 Å². The van der Waals surface area contributed by atoms with Crippen molar-refractivity contribution in [1.29, 1.82) is 0 Å². The number of likely N-dealkylation sites (tertiary alicyclic amines) is 2. The van der Waals surface area contributed by atoms with Crippen molar-refractivity contribution in [2.45, 2.75) is 31.7 Å². The lowest BCUT2D eigenvalue weighted by atomic mass is 9.94. The van der Waals surface area contributed by atoms with Crippen molar-refractivity contribution >= 4 is 11.8 Å². The molecule has 1 aromatic rings. The van der Waals surface area contributed by atoms with Crippen LogP contribution < -0.4 is 5.73 Å². The van der Waals surface area contributed by atoms with Gasteiger partial charge in [-0.2, -0.15) is 0 Å². The van der Waals surface area contributed by atoms with E-state index in [9.17, 15) is 9.59 Å². The van der Waals surface area contributed by atoms with Gasteiger partial charge < -0.3 is 20.3 Å². The number of rotatable bonds is 5. The first-order valence-electron chi connectivity index (χ1n) is 9.55. The maximum absolute atomic E-state index is 12.9. The zero-order valence-electron chi connectivity index (χ0n) is 15.5. The predicted octanol–water partition coefficient (Wildman–Crippen LogP) is 1.21. The summed E-state index contributed by atoms with van der Waals surface area (Å²) in [6.07, 6.45) is 1.44. The van der Waals surface area contributed by atoms with Crippen LogP contribution in [0, 0.1) is 5.92 Å². The molecule has 6 heteroatoms. The minimum Gasteiger partial charge on any atom is -0.372 e. The number of carbonyl (C=O) groups excluding carboxylic acids is 2. The summed E-state index contributed by atoms with van der Waals surface area (Å²) in [5, 5.41) is 0. The lowest BCUT2D eigenvalue weighted by Crippen LogP contribution is -2.45. The van der Waals surface area contributed by atoms with E-state index in [1.165, 1.54) is 5.56 Å². The molecule has 0 saturated carbocycles. The maximum Gasteiger partial charge on any atom is 0.248 e. The Bertz CT molecular complexity index is 614. The van der Waals surface area contributed by atoms with Gasteiger partial charge in [0, 0.05) is 50.7 Å². The number of ether oxygens (including phenoxy) is 1. The number of hydrogen-bond donors (Lipinski definition) is 1. The van der Waals surface area contributed by atoms with Crippen molar-refractivity contribution < 1.29 is 14.3 Å². The van der Waals surface area contributed by atoms with E-state index in [0.29, 0.717) is 32.8 Å². The standard InChI is InChI=1S/C20H29N3O3/c1-2-26-14-19(24)22-10-8-16(9-11-22)20(25)23-12-17(18(21)13-23)15-6-4-3-5-7-15/h3-7,16-18H,2,8-14,21H2,1H3/t17-,18+/m1/s1. The highest BCUT2D eigenvalue weighted by Crippen LogP contribution is 2.29. The van der Waals surface area contributed by atoms with E-state index in [1.54, 1.807) is 0 Å². The molecule has 26 heavy (non-hydrogen) atoms. The molecule has 3 rings (SSSR count). The van der Waals surface area contributed by atoms with Crippen molar-refractivity contribution in [2.75, 3.05) is 39.4 Å². The van der Waals surface area contributed by atoms with Gasteiger partial charge in [-0.3, -0.25) is 9.59 Å². The Hall–Kier alpha value is -1.92. The first kappa shape index (κ1) is 18.9. The van der Waals surface area contributed by atoms with Crippen molar-refractivity contribution in [3.63, 3.8) is 0 Å². The van der Waals surface area contributed by atoms with Crippen LogP contribution >= 0.6 is 0 Å². The molecule has 2 aliphatic heterocycles. The summed E-state index contributed by atoms with van der Waals surface area (Å²) in [4.78, 5) is 28.7. The molecule has 0 unspecified atom stereocenters. The number of benzene rings is 1. The fourth-order valence-corrected chi connectivity index (χ4v) is 3.98. The van der Waals surface area contributed by atoms with E-state index >= 15 is 0 Å². The Labute approximate surface area is 155 Å². The smallest absolute Gasteiger partial charge is 0.248 e. The SMILES string of the molecule is CCOCC(=O)N1CCC(C(=O)N2C[C@H](c3ccccc3)[C@@H](N)C2)CC1. The summed E-state index contributed by atoms with van der Waals surface area (Å²) in [6, 6.07) is 10.2. The molecule has 2 amide bonds. The predicted molar refractivity (Wildman–Crippen MR) is 99.5 cm³/mol. The average molecular weight is 359 g/mol.